The number of nitrogens with one attached hydrogen (secondary N) is 1. The van der Waals surface area contributed by atoms with Gasteiger partial charge in [0.15, 0.2) is 6.61 Å². The molecular formula is C17H20N2O6. The molecule has 1 fully saturated rings. The number of ether oxygens (including phenoxy) is 2. The minimum Gasteiger partial charge on any atom is -0.463 e. The Bertz CT molecular complexity index is 675. The summed E-state index contributed by atoms with van der Waals surface area (Å²) in [4.78, 5) is 48.8. The zero-order chi connectivity index (χ0) is 18.4. The number of hydrogen-bond acceptors (Lipinski definition) is 6. The number of urea groups is 1. The number of esters is 2. The summed E-state index contributed by atoms with van der Waals surface area (Å²) >= 11 is 0. The van der Waals surface area contributed by atoms with E-state index in [-0.39, 0.29) is 6.61 Å². The normalized spacial score (nSPS) is 19.5. The van der Waals surface area contributed by atoms with E-state index in [9.17, 15) is 19.2 Å². The smallest absolute Gasteiger partial charge is 0.344 e. The van der Waals surface area contributed by atoms with Crippen LogP contribution < -0.4 is 5.32 Å². The largest absolute Gasteiger partial charge is 0.463 e. The van der Waals surface area contributed by atoms with Crippen LogP contribution in [0.25, 0.3) is 0 Å². The molecule has 0 aliphatic carbocycles. The van der Waals surface area contributed by atoms with Gasteiger partial charge in [-0.15, -0.1) is 0 Å². The van der Waals surface area contributed by atoms with Crippen molar-refractivity contribution in [2.45, 2.75) is 25.8 Å². The lowest BCUT2D eigenvalue weighted by molar-refractivity contribution is -0.159. The number of carbonyl (C=O) groups is 4. The van der Waals surface area contributed by atoms with E-state index in [2.05, 4.69) is 10.1 Å². The van der Waals surface area contributed by atoms with E-state index in [4.69, 9.17) is 4.74 Å². The molecule has 1 aliphatic heterocycles. The maximum Gasteiger partial charge on any atom is 0.344 e. The quantitative estimate of drug-likeness (QED) is 0.581. The Morgan fingerprint density at radius 2 is 1.76 bits per heavy atom. The fourth-order valence-corrected chi connectivity index (χ4v) is 2.65. The van der Waals surface area contributed by atoms with Crippen molar-refractivity contribution in [3.05, 3.63) is 35.9 Å². The molecule has 2 rings (SSSR count). The minimum atomic E-state index is -1.21. The molecule has 1 aliphatic rings. The van der Waals surface area contributed by atoms with Gasteiger partial charge < -0.3 is 14.8 Å². The van der Waals surface area contributed by atoms with Gasteiger partial charge in [0.1, 0.15) is 12.1 Å². The van der Waals surface area contributed by atoms with Crippen LogP contribution in [-0.2, 0) is 29.4 Å². The van der Waals surface area contributed by atoms with Crippen LogP contribution in [-0.4, -0.2) is 48.5 Å². The first-order valence-corrected chi connectivity index (χ1v) is 7.95. The summed E-state index contributed by atoms with van der Waals surface area (Å²) in [6.07, 6.45) is 0.329. The maximum atomic E-state index is 12.8. The van der Waals surface area contributed by atoms with Crippen LogP contribution in [0.15, 0.2) is 30.3 Å². The van der Waals surface area contributed by atoms with Crippen LogP contribution in [0.3, 0.4) is 0 Å². The molecule has 8 heteroatoms. The third kappa shape index (κ3) is 3.78. The Balaban J connectivity index is 2.08. The second kappa shape index (κ2) is 7.78. The number of amides is 3. The van der Waals surface area contributed by atoms with Crippen molar-refractivity contribution in [3.8, 4) is 0 Å². The van der Waals surface area contributed by atoms with Gasteiger partial charge in [0, 0.05) is 0 Å². The highest BCUT2D eigenvalue weighted by Crippen LogP contribution is 2.32. The molecule has 3 amide bonds. The van der Waals surface area contributed by atoms with Gasteiger partial charge in [-0.3, -0.25) is 14.5 Å². The minimum absolute atomic E-state index is 0.166. The third-order valence-electron chi connectivity index (χ3n) is 3.92. The topological polar surface area (TPSA) is 102 Å². The Kier molecular flexibility index (Phi) is 5.74. The van der Waals surface area contributed by atoms with Gasteiger partial charge in [-0.1, -0.05) is 37.3 Å². The molecule has 0 bridgehead atoms. The van der Waals surface area contributed by atoms with E-state index in [1.165, 1.54) is 0 Å². The summed E-state index contributed by atoms with van der Waals surface area (Å²) in [5, 5.41) is 2.66. The first-order valence-electron chi connectivity index (χ1n) is 7.95. The Morgan fingerprint density at radius 3 is 2.36 bits per heavy atom. The first kappa shape index (κ1) is 18.4. The monoisotopic (exact) mass is 348 g/mol. The maximum absolute atomic E-state index is 12.8. The van der Waals surface area contributed by atoms with E-state index < -0.39 is 42.6 Å². The van der Waals surface area contributed by atoms with Crippen molar-refractivity contribution in [2.24, 2.45) is 0 Å². The van der Waals surface area contributed by atoms with Gasteiger partial charge in [-0.05, 0) is 18.9 Å². The van der Waals surface area contributed by atoms with Gasteiger partial charge in [-0.25, -0.2) is 9.59 Å². The van der Waals surface area contributed by atoms with Crippen molar-refractivity contribution in [1.82, 2.24) is 10.2 Å². The van der Waals surface area contributed by atoms with Crippen LogP contribution in [0.5, 0.6) is 0 Å². The van der Waals surface area contributed by atoms with Gasteiger partial charge in [-0.2, -0.15) is 0 Å². The predicted molar refractivity (Wildman–Crippen MR) is 86.2 cm³/mol. The molecule has 1 aromatic rings. The van der Waals surface area contributed by atoms with E-state index in [1.807, 2.05) is 0 Å². The fraction of sp³-hybridized carbons (Fsp3) is 0.412. The van der Waals surface area contributed by atoms with Crippen LogP contribution >= 0.6 is 0 Å². The Hall–Kier alpha value is -2.90. The molecular weight excluding hydrogens is 328 g/mol. The molecule has 1 aromatic carbocycles. The highest BCUT2D eigenvalue weighted by Gasteiger charge is 2.51. The average molecular weight is 348 g/mol. The SMILES string of the molecule is CCOC(=O)COC(=O)CN1C(=O)NC(CC)(c2ccccc2)C1=O. The highest BCUT2D eigenvalue weighted by molar-refractivity contribution is 6.09. The van der Waals surface area contributed by atoms with Crippen molar-refractivity contribution in [1.29, 1.82) is 0 Å². The lowest BCUT2D eigenvalue weighted by Gasteiger charge is -2.25. The van der Waals surface area contributed by atoms with Gasteiger partial charge >= 0.3 is 18.0 Å². The average Bonchev–Trinajstić information content (AvgIpc) is 2.86. The van der Waals surface area contributed by atoms with Crippen LogP contribution in [0, 0.1) is 0 Å². The molecule has 134 valence electrons. The molecule has 1 heterocycles. The van der Waals surface area contributed by atoms with Gasteiger partial charge in [0.2, 0.25) is 0 Å². The van der Waals surface area contributed by atoms with E-state index in [1.54, 1.807) is 44.2 Å². The third-order valence-corrected chi connectivity index (χ3v) is 3.92. The summed E-state index contributed by atoms with van der Waals surface area (Å²) in [7, 11) is 0. The van der Waals surface area contributed by atoms with Gasteiger partial charge in [0.25, 0.3) is 5.91 Å². The number of imide groups is 1. The van der Waals surface area contributed by atoms with Crippen LogP contribution in [0.1, 0.15) is 25.8 Å². The number of rotatable bonds is 7. The summed E-state index contributed by atoms with van der Waals surface area (Å²) in [6.45, 7) is 2.43. The summed E-state index contributed by atoms with van der Waals surface area (Å²) in [5.41, 5.74) is -0.571. The standard InChI is InChI=1S/C17H20N2O6/c1-3-17(12-8-6-5-7-9-12)15(22)19(16(23)18-17)10-13(20)25-11-14(21)24-4-2/h5-9H,3-4,10-11H2,1-2H3,(H,18,23). The van der Waals surface area contributed by atoms with Crippen LogP contribution in [0.4, 0.5) is 4.79 Å². The molecule has 1 saturated heterocycles. The molecule has 0 aromatic heterocycles. The molecule has 0 saturated carbocycles. The molecule has 1 unspecified atom stereocenters. The molecule has 1 N–H and O–H groups in total. The summed E-state index contributed by atoms with van der Waals surface area (Å²) in [5.74, 6) is -2.09. The number of carbonyl (C=O) groups excluding carboxylic acids is 4. The molecule has 8 nitrogen and oxygen atoms in total. The summed E-state index contributed by atoms with van der Waals surface area (Å²) in [6, 6.07) is 8.14. The van der Waals surface area contributed by atoms with Crippen molar-refractivity contribution < 1.29 is 28.7 Å². The van der Waals surface area contributed by atoms with Crippen LogP contribution in [0.2, 0.25) is 0 Å². The van der Waals surface area contributed by atoms with E-state index in [0.29, 0.717) is 12.0 Å². The first-order chi connectivity index (χ1) is 11.9. The number of nitrogens with zero attached hydrogens (tertiary/aromatic N) is 1. The zero-order valence-electron chi connectivity index (χ0n) is 14.1. The zero-order valence-corrected chi connectivity index (χ0v) is 14.1. The van der Waals surface area contributed by atoms with Crippen molar-refractivity contribution in [3.63, 3.8) is 0 Å². The number of benzene rings is 1. The lowest BCUT2D eigenvalue weighted by Crippen LogP contribution is -2.44. The van der Waals surface area contributed by atoms with Gasteiger partial charge in [0.05, 0.1) is 6.61 Å². The molecule has 0 spiro atoms. The van der Waals surface area contributed by atoms with E-state index >= 15 is 0 Å². The molecule has 1 atom stereocenters. The summed E-state index contributed by atoms with van der Waals surface area (Å²) < 4.78 is 9.37. The molecule has 25 heavy (non-hydrogen) atoms. The Morgan fingerprint density at radius 1 is 1.08 bits per heavy atom. The number of hydrogen-bond donors (Lipinski definition) is 1. The Labute approximate surface area is 145 Å². The van der Waals surface area contributed by atoms with Crippen molar-refractivity contribution >= 4 is 23.9 Å². The molecule has 0 radical (unpaired) electrons. The predicted octanol–water partition coefficient (Wildman–Crippen LogP) is 0.950. The van der Waals surface area contributed by atoms with Crippen molar-refractivity contribution in [2.75, 3.05) is 19.8 Å². The van der Waals surface area contributed by atoms with E-state index in [0.717, 1.165) is 4.90 Å². The second-order valence-corrected chi connectivity index (χ2v) is 5.41. The second-order valence-electron chi connectivity index (χ2n) is 5.41. The lowest BCUT2D eigenvalue weighted by atomic mass is 9.87. The highest BCUT2D eigenvalue weighted by atomic mass is 16.6. The fourth-order valence-electron chi connectivity index (χ4n) is 2.65.